The summed E-state index contributed by atoms with van der Waals surface area (Å²) < 4.78 is 16.2. The van der Waals surface area contributed by atoms with Crippen molar-refractivity contribution in [1.82, 2.24) is 15.5 Å². The van der Waals surface area contributed by atoms with Crippen LogP contribution in [0.4, 0.5) is 10.5 Å². The van der Waals surface area contributed by atoms with Crippen molar-refractivity contribution in [2.75, 3.05) is 19.1 Å². The number of anilines is 1. The maximum absolute atomic E-state index is 13.3. The first-order chi connectivity index (χ1) is 17.1. The van der Waals surface area contributed by atoms with E-state index >= 15 is 0 Å². The van der Waals surface area contributed by atoms with Crippen LogP contribution in [0.15, 0.2) is 89.1 Å². The highest BCUT2D eigenvalue weighted by Gasteiger charge is 2.36. The molecule has 176 valence electrons. The predicted molar refractivity (Wildman–Crippen MR) is 132 cm³/mol. The monoisotopic (exact) mass is 468 g/mol. The second kappa shape index (κ2) is 9.34. The fourth-order valence-electron chi connectivity index (χ4n) is 4.15. The average molecular weight is 469 g/mol. The van der Waals surface area contributed by atoms with Crippen LogP contribution in [0.1, 0.15) is 24.4 Å². The molecule has 8 nitrogen and oxygen atoms in total. The molecule has 0 aliphatic carbocycles. The first kappa shape index (κ1) is 22.2. The van der Waals surface area contributed by atoms with E-state index in [1.165, 1.54) is 0 Å². The molecule has 0 fully saturated rings. The van der Waals surface area contributed by atoms with Crippen molar-refractivity contribution in [1.29, 1.82) is 0 Å². The molecule has 35 heavy (non-hydrogen) atoms. The highest BCUT2D eigenvalue weighted by Crippen LogP contribution is 2.39. The second-order valence-electron chi connectivity index (χ2n) is 7.98. The number of aromatic nitrogens is 2. The Morgan fingerprint density at radius 2 is 1.51 bits per heavy atom. The molecule has 1 aromatic heterocycles. The molecule has 0 radical (unpaired) electrons. The van der Waals surface area contributed by atoms with Gasteiger partial charge >= 0.3 is 6.03 Å². The van der Waals surface area contributed by atoms with Crippen molar-refractivity contribution in [3.05, 3.63) is 96.0 Å². The molecule has 2 amide bonds. The largest absolute Gasteiger partial charge is 0.497 e. The number of hydrogen-bond donors (Lipinski definition) is 1. The number of carbonyl (C=O) groups is 1. The van der Waals surface area contributed by atoms with Gasteiger partial charge in [-0.2, -0.15) is 4.98 Å². The summed E-state index contributed by atoms with van der Waals surface area (Å²) in [6.07, 6.45) is 0. The summed E-state index contributed by atoms with van der Waals surface area (Å²) in [5, 5.41) is 7.32. The highest BCUT2D eigenvalue weighted by molar-refractivity contribution is 6.01. The summed E-state index contributed by atoms with van der Waals surface area (Å²) in [7, 11) is 3.22. The van der Waals surface area contributed by atoms with Gasteiger partial charge in [0.15, 0.2) is 0 Å². The molecule has 1 unspecified atom stereocenters. The van der Waals surface area contributed by atoms with Crippen LogP contribution in [0.3, 0.4) is 0 Å². The lowest BCUT2D eigenvalue weighted by molar-refractivity contribution is 0.244. The first-order valence-electron chi connectivity index (χ1n) is 11.1. The number of benzene rings is 3. The maximum atomic E-state index is 13.3. The molecular formula is C27H24N4O4. The van der Waals surface area contributed by atoms with Crippen LogP contribution in [-0.4, -0.2) is 30.4 Å². The van der Waals surface area contributed by atoms with Crippen molar-refractivity contribution in [3.63, 3.8) is 0 Å². The van der Waals surface area contributed by atoms with E-state index < -0.39 is 6.04 Å². The van der Waals surface area contributed by atoms with Crippen LogP contribution in [0.5, 0.6) is 11.5 Å². The van der Waals surface area contributed by atoms with Gasteiger partial charge < -0.3 is 19.3 Å². The molecule has 0 spiro atoms. The van der Waals surface area contributed by atoms with Crippen molar-refractivity contribution in [2.24, 2.45) is 0 Å². The molecule has 0 saturated carbocycles. The third kappa shape index (κ3) is 4.21. The van der Waals surface area contributed by atoms with Crippen LogP contribution < -0.4 is 19.7 Å². The number of rotatable bonds is 6. The molecule has 0 bridgehead atoms. The summed E-state index contributed by atoms with van der Waals surface area (Å²) in [4.78, 5) is 19.6. The minimum Gasteiger partial charge on any atom is -0.497 e. The standard InChI is InChI=1S/C27H24N4O4/c1-17-23(26-29-25(30-35-26)19-9-13-21(33-2)14-10-19)24(18-7-5-4-6-8-18)28-27(32)31(17)20-11-15-22(34-3)16-12-20/h4-16,24H,1-3H3,(H,28,32). The minimum absolute atomic E-state index is 0.250. The number of nitrogens with zero attached hydrogens (tertiary/aromatic N) is 3. The quantitative estimate of drug-likeness (QED) is 0.404. The van der Waals surface area contributed by atoms with Crippen molar-refractivity contribution < 1.29 is 18.8 Å². The Balaban J connectivity index is 1.61. The Hall–Kier alpha value is -4.59. The Bertz CT molecular complexity index is 1360. The summed E-state index contributed by atoms with van der Waals surface area (Å²) in [5.74, 6) is 2.23. The van der Waals surface area contributed by atoms with E-state index in [0.29, 0.717) is 28.8 Å². The Labute approximate surface area is 202 Å². The number of amides is 2. The van der Waals surface area contributed by atoms with E-state index in [4.69, 9.17) is 19.0 Å². The zero-order chi connectivity index (χ0) is 24.4. The van der Waals surface area contributed by atoms with Gasteiger partial charge in [0.25, 0.3) is 5.89 Å². The number of urea groups is 1. The van der Waals surface area contributed by atoms with E-state index in [0.717, 1.165) is 22.4 Å². The molecular weight excluding hydrogens is 444 g/mol. The van der Waals surface area contributed by atoms with E-state index in [-0.39, 0.29) is 6.03 Å². The summed E-state index contributed by atoms with van der Waals surface area (Å²) in [6, 6.07) is 23.7. The van der Waals surface area contributed by atoms with E-state index in [1.807, 2.05) is 85.8 Å². The van der Waals surface area contributed by atoms with Gasteiger partial charge in [-0.1, -0.05) is 35.5 Å². The number of hydrogen-bond acceptors (Lipinski definition) is 6. The van der Waals surface area contributed by atoms with Gasteiger partial charge in [-0.15, -0.1) is 0 Å². The molecule has 1 aliphatic rings. The topological polar surface area (TPSA) is 89.7 Å². The molecule has 3 aromatic carbocycles. The third-order valence-corrected chi connectivity index (χ3v) is 5.95. The van der Waals surface area contributed by atoms with Gasteiger partial charge in [-0.25, -0.2) is 4.79 Å². The highest BCUT2D eigenvalue weighted by atomic mass is 16.5. The maximum Gasteiger partial charge on any atom is 0.326 e. The zero-order valence-corrected chi connectivity index (χ0v) is 19.6. The van der Waals surface area contributed by atoms with Crippen molar-refractivity contribution in [3.8, 4) is 22.9 Å². The third-order valence-electron chi connectivity index (χ3n) is 5.95. The molecule has 1 atom stereocenters. The van der Waals surface area contributed by atoms with E-state index in [2.05, 4.69) is 10.5 Å². The van der Waals surface area contributed by atoms with Gasteiger partial charge in [-0.05, 0) is 61.0 Å². The van der Waals surface area contributed by atoms with Crippen molar-refractivity contribution >= 4 is 17.3 Å². The van der Waals surface area contributed by atoms with E-state index in [9.17, 15) is 4.79 Å². The predicted octanol–water partition coefficient (Wildman–Crippen LogP) is 5.46. The molecule has 0 saturated heterocycles. The number of ether oxygens (including phenoxy) is 2. The van der Waals surface area contributed by atoms with Crippen molar-refractivity contribution in [2.45, 2.75) is 13.0 Å². The smallest absolute Gasteiger partial charge is 0.326 e. The lowest BCUT2D eigenvalue weighted by Gasteiger charge is -2.35. The summed E-state index contributed by atoms with van der Waals surface area (Å²) in [6.45, 7) is 1.88. The van der Waals surface area contributed by atoms with E-state index in [1.54, 1.807) is 19.1 Å². The molecule has 1 aliphatic heterocycles. The SMILES string of the molecule is COc1ccc(-c2noc(C3=C(C)N(c4ccc(OC)cc4)C(=O)NC3c3ccccc3)n2)cc1. The fraction of sp³-hybridized carbons (Fsp3) is 0.148. The van der Waals surface area contributed by atoms with Gasteiger partial charge in [0.1, 0.15) is 11.5 Å². The molecule has 4 aromatic rings. The van der Waals surface area contributed by atoms with Gasteiger partial charge in [0.05, 0.1) is 31.5 Å². The Morgan fingerprint density at radius 3 is 2.14 bits per heavy atom. The molecule has 1 N–H and O–H groups in total. The van der Waals surface area contributed by atoms with Crippen LogP contribution in [-0.2, 0) is 0 Å². The summed E-state index contributed by atoms with van der Waals surface area (Å²) >= 11 is 0. The molecule has 5 rings (SSSR count). The normalized spacial score (nSPS) is 15.7. The fourth-order valence-corrected chi connectivity index (χ4v) is 4.15. The Morgan fingerprint density at radius 1 is 0.886 bits per heavy atom. The molecule has 8 heteroatoms. The lowest BCUT2D eigenvalue weighted by atomic mass is 9.94. The minimum atomic E-state index is -0.456. The van der Waals surface area contributed by atoms with Gasteiger partial charge in [0, 0.05) is 11.3 Å². The summed E-state index contributed by atoms with van der Waals surface area (Å²) in [5.41, 5.74) is 3.81. The number of carbonyl (C=O) groups excluding carboxylic acids is 1. The Kier molecular flexibility index (Phi) is 5.93. The van der Waals surface area contributed by atoms with Crippen LogP contribution >= 0.6 is 0 Å². The average Bonchev–Trinajstić information content (AvgIpc) is 3.39. The van der Waals surface area contributed by atoms with Crippen LogP contribution in [0.2, 0.25) is 0 Å². The van der Waals surface area contributed by atoms with Crippen LogP contribution in [0, 0.1) is 0 Å². The van der Waals surface area contributed by atoms with Gasteiger partial charge in [-0.3, -0.25) is 4.90 Å². The van der Waals surface area contributed by atoms with Gasteiger partial charge in [0.2, 0.25) is 5.82 Å². The van der Waals surface area contributed by atoms with Crippen LogP contribution in [0.25, 0.3) is 17.0 Å². The number of nitrogens with one attached hydrogen (secondary N) is 1. The molecule has 2 heterocycles. The number of methoxy groups -OCH3 is 2. The lowest BCUT2D eigenvalue weighted by Crippen LogP contribution is -2.46. The zero-order valence-electron chi connectivity index (χ0n) is 19.6. The second-order valence-corrected chi connectivity index (χ2v) is 7.98. The first-order valence-corrected chi connectivity index (χ1v) is 11.1. The number of allylic oxidation sites excluding steroid dienone is 1.